The van der Waals surface area contributed by atoms with Gasteiger partial charge in [0.1, 0.15) is 5.82 Å². The molecule has 0 fully saturated rings. The Balaban J connectivity index is 2.06. The summed E-state index contributed by atoms with van der Waals surface area (Å²) in [6, 6.07) is 2.69. The van der Waals surface area contributed by atoms with Gasteiger partial charge in [0.05, 0.1) is 11.7 Å². The van der Waals surface area contributed by atoms with Gasteiger partial charge in [-0.15, -0.1) is 0 Å². The molecule has 0 spiro atoms. The van der Waals surface area contributed by atoms with Crippen LogP contribution in [0, 0.1) is 0 Å². The van der Waals surface area contributed by atoms with Gasteiger partial charge in [-0.25, -0.2) is 4.98 Å². The first-order valence-corrected chi connectivity index (χ1v) is 6.97. The molecule has 2 N–H and O–H groups in total. The van der Waals surface area contributed by atoms with Gasteiger partial charge in [-0.05, 0) is 32.9 Å². The number of nitrogens with zero attached hydrogens (tertiary/aromatic N) is 3. The number of hydrogen-bond donors (Lipinski definition) is 2. The van der Waals surface area contributed by atoms with Crippen molar-refractivity contribution in [1.82, 2.24) is 25.1 Å². The van der Waals surface area contributed by atoms with Gasteiger partial charge >= 0.3 is 0 Å². The van der Waals surface area contributed by atoms with Gasteiger partial charge in [0.2, 0.25) is 0 Å². The summed E-state index contributed by atoms with van der Waals surface area (Å²) in [5.41, 5.74) is 1.10. The van der Waals surface area contributed by atoms with Crippen molar-refractivity contribution in [3.8, 4) is 0 Å². The van der Waals surface area contributed by atoms with Crippen LogP contribution in [0.4, 0.5) is 0 Å². The minimum atomic E-state index is 0.200. The molecule has 1 unspecified atom stereocenters. The molecule has 0 bridgehead atoms. The van der Waals surface area contributed by atoms with Crippen molar-refractivity contribution < 1.29 is 0 Å². The highest BCUT2D eigenvalue weighted by molar-refractivity contribution is 5.07. The van der Waals surface area contributed by atoms with E-state index in [0.29, 0.717) is 6.04 Å². The molecular formula is C14H23N5. The number of aromatic nitrogens is 4. The molecule has 0 amide bonds. The van der Waals surface area contributed by atoms with Crippen LogP contribution in [0.25, 0.3) is 0 Å². The third-order valence-corrected chi connectivity index (χ3v) is 3.10. The fourth-order valence-corrected chi connectivity index (χ4v) is 2.04. The average Bonchev–Trinajstić information content (AvgIpc) is 3.05. The Hall–Kier alpha value is -1.62. The van der Waals surface area contributed by atoms with Crippen LogP contribution < -0.4 is 5.32 Å². The van der Waals surface area contributed by atoms with Crippen LogP contribution in [0.5, 0.6) is 0 Å². The van der Waals surface area contributed by atoms with Crippen molar-refractivity contribution in [2.45, 2.75) is 45.7 Å². The fraction of sp³-hybridized carbons (Fsp3) is 0.571. The molecule has 1 atom stereocenters. The van der Waals surface area contributed by atoms with E-state index in [4.69, 9.17) is 0 Å². The summed E-state index contributed by atoms with van der Waals surface area (Å²) in [6.45, 7) is 7.42. The number of nitrogens with one attached hydrogen (secondary N) is 2. The zero-order chi connectivity index (χ0) is 13.7. The third kappa shape index (κ3) is 3.67. The molecule has 0 radical (unpaired) electrons. The molecule has 5 heteroatoms. The van der Waals surface area contributed by atoms with Gasteiger partial charge in [-0.2, -0.15) is 5.10 Å². The van der Waals surface area contributed by atoms with Crippen molar-refractivity contribution in [3.63, 3.8) is 0 Å². The fourth-order valence-electron chi connectivity index (χ4n) is 2.04. The highest BCUT2D eigenvalue weighted by Gasteiger charge is 2.15. The summed E-state index contributed by atoms with van der Waals surface area (Å²) in [7, 11) is 0. The van der Waals surface area contributed by atoms with Gasteiger partial charge in [-0.3, -0.25) is 4.68 Å². The maximum absolute atomic E-state index is 4.60. The predicted octanol–water partition coefficient (Wildman–Crippen LogP) is 2.47. The lowest BCUT2D eigenvalue weighted by molar-refractivity contribution is 0.487. The lowest BCUT2D eigenvalue weighted by Gasteiger charge is -2.15. The molecular weight excluding hydrogens is 238 g/mol. The second-order valence-corrected chi connectivity index (χ2v) is 5.07. The van der Waals surface area contributed by atoms with Crippen LogP contribution in [0.2, 0.25) is 0 Å². The third-order valence-electron chi connectivity index (χ3n) is 3.10. The zero-order valence-corrected chi connectivity index (χ0v) is 11.9. The zero-order valence-electron chi connectivity index (χ0n) is 11.9. The minimum Gasteiger partial charge on any atom is -0.347 e. The van der Waals surface area contributed by atoms with E-state index in [1.165, 1.54) is 0 Å². The van der Waals surface area contributed by atoms with Crippen LogP contribution >= 0.6 is 0 Å². The van der Waals surface area contributed by atoms with E-state index in [-0.39, 0.29) is 6.04 Å². The van der Waals surface area contributed by atoms with Crippen molar-refractivity contribution >= 4 is 0 Å². The van der Waals surface area contributed by atoms with Gasteiger partial charge in [-0.1, -0.05) is 6.92 Å². The van der Waals surface area contributed by atoms with E-state index in [1.54, 1.807) is 6.20 Å². The largest absolute Gasteiger partial charge is 0.347 e. The molecule has 0 saturated heterocycles. The van der Waals surface area contributed by atoms with E-state index < -0.39 is 0 Å². The normalized spacial score (nSPS) is 13.1. The summed E-state index contributed by atoms with van der Waals surface area (Å²) >= 11 is 0. The Kier molecular flexibility index (Phi) is 4.74. The molecule has 2 heterocycles. The molecule has 0 saturated carbocycles. The monoisotopic (exact) mass is 261 g/mol. The van der Waals surface area contributed by atoms with Crippen LogP contribution in [0.3, 0.4) is 0 Å². The molecule has 0 aliphatic rings. The molecule has 0 aliphatic carbocycles. The molecule has 2 aromatic rings. The Morgan fingerprint density at radius 2 is 2.26 bits per heavy atom. The van der Waals surface area contributed by atoms with E-state index in [1.807, 2.05) is 17.1 Å². The van der Waals surface area contributed by atoms with Crippen LogP contribution in [0.15, 0.2) is 24.7 Å². The maximum atomic E-state index is 4.60. The Morgan fingerprint density at radius 3 is 2.84 bits per heavy atom. The van der Waals surface area contributed by atoms with E-state index in [2.05, 4.69) is 47.2 Å². The van der Waals surface area contributed by atoms with Crippen LogP contribution in [-0.2, 0) is 6.42 Å². The average molecular weight is 261 g/mol. The van der Waals surface area contributed by atoms with Crippen LogP contribution in [0.1, 0.15) is 50.8 Å². The van der Waals surface area contributed by atoms with Crippen molar-refractivity contribution in [2.24, 2.45) is 0 Å². The SMILES string of the molecule is CCCNC(Cc1ccn(C(C)C)n1)c1ncc[nH]1. The number of H-pyrrole nitrogens is 1. The number of imidazole rings is 1. The number of aromatic amines is 1. The van der Waals surface area contributed by atoms with Crippen molar-refractivity contribution in [1.29, 1.82) is 0 Å². The molecule has 0 aromatic carbocycles. The van der Waals surface area contributed by atoms with Crippen molar-refractivity contribution in [2.75, 3.05) is 6.54 Å². The number of hydrogen-bond acceptors (Lipinski definition) is 3. The number of rotatable bonds is 7. The molecule has 19 heavy (non-hydrogen) atoms. The molecule has 0 aliphatic heterocycles. The quantitative estimate of drug-likeness (QED) is 0.805. The summed E-state index contributed by atoms with van der Waals surface area (Å²) in [6.07, 6.45) is 7.66. The smallest absolute Gasteiger partial charge is 0.123 e. The van der Waals surface area contributed by atoms with Gasteiger partial charge < -0.3 is 10.3 Å². The van der Waals surface area contributed by atoms with Gasteiger partial charge in [0.25, 0.3) is 0 Å². The highest BCUT2D eigenvalue weighted by Crippen LogP contribution is 2.15. The summed E-state index contributed by atoms with van der Waals surface area (Å²) < 4.78 is 1.99. The molecule has 104 valence electrons. The standard InChI is InChI=1S/C14H23N5/c1-4-6-15-13(14-16-7-8-17-14)10-12-5-9-19(18-12)11(2)3/h5,7-9,11,13,15H,4,6,10H2,1-3H3,(H,16,17). The second-order valence-electron chi connectivity index (χ2n) is 5.07. The van der Waals surface area contributed by atoms with E-state index in [9.17, 15) is 0 Å². The summed E-state index contributed by atoms with van der Waals surface area (Å²) in [4.78, 5) is 7.54. The lowest BCUT2D eigenvalue weighted by atomic mass is 10.1. The first kappa shape index (κ1) is 13.8. The van der Waals surface area contributed by atoms with Crippen LogP contribution in [-0.4, -0.2) is 26.3 Å². The predicted molar refractivity (Wildman–Crippen MR) is 75.9 cm³/mol. The molecule has 5 nitrogen and oxygen atoms in total. The van der Waals surface area contributed by atoms with Gasteiger partial charge in [0, 0.05) is 31.1 Å². The Morgan fingerprint density at radius 1 is 1.42 bits per heavy atom. The van der Waals surface area contributed by atoms with E-state index >= 15 is 0 Å². The summed E-state index contributed by atoms with van der Waals surface area (Å²) in [5.74, 6) is 0.979. The second kappa shape index (κ2) is 6.52. The van der Waals surface area contributed by atoms with Crippen molar-refractivity contribution in [3.05, 3.63) is 36.2 Å². The molecule has 2 aromatic heterocycles. The first-order valence-electron chi connectivity index (χ1n) is 6.97. The molecule has 2 rings (SSSR count). The maximum Gasteiger partial charge on any atom is 0.123 e. The topological polar surface area (TPSA) is 58.5 Å². The van der Waals surface area contributed by atoms with Gasteiger partial charge in [0.15, 0.2) is 0 Å². The Bertz CT molecular complexity index is 472. The lowest BCUT2D eigenvalue weighted by Crippen LogP contribution is -2.25. The highest BCUT2D eigenvalue weighted by atomic mass is 15.3. The van der Waals surface area contributed by atoms with E-state index in [0.717, 1.165) is 30.9 Å². The summed E-state index contributed by atoms with van der Waals surface area (Å²) in [5, 5.41) is 8.12. The first-order chi connectivity index (χ1) is 9.20. The Labute approximate surface area is 114 Å². The minimum absolute atomic E-state index is 0.200.